The van der Waals surface area contributed by atoms with Crippen molar-refractivity contribution in [1.82, 2.24) is 0 Å². The molecule has 0 bridgehead atoms. The number of para-hydroxylation sites is 1. The van der Waals surface area contributed by atoms with Gasteiger partial charge in [-0.05, 0) is 30.2 Å². The average molecular weight is 386 g/mol. The number of hydrogen-bond donors (Lipinski definition) is 0. The second kappa shape index (κ2) is 6.27. The maximum Gasteiger partial charge on any atom is 0.391 e. The van der Waals surface area contributed by atoms with Gasteiger partial charge in [-0.2, -0.15) is 13.2 Å². The van der Waals surface area contributed by atoms with Crippen LogP contribution in [0.2, 0.25) is 0 Å². The molecule has 6 nitrogen and oxygen atoms in total. The predicted molar refractivity (Wildman–Crippen MR) is 87.4 cm³/mol. The summed E-state index contributed by atoms with van der Waals surface area (Å²) < 4.78 is 65.5. The number of anilines is 1. The highest BCUT2D eigenvalue weighted by atomic mass is 32.2. The van der Waals surface area contributed by atoms with Gasteiger partial charge in [0, 0.05) is 12.1 Å². The zero-order valence-corrected chi connectivity index (χ0v) is 14.0. The number of non-ortho nitro benzene ring substituents is 1. The van der Waals surface area contributed by atoms with Crippen molar-refractivity contribution in [3.8, 4) is 0 Å². The van der Waals surface area contributed by atoms with Gasteiger partial charge >= 0.3 is 6.18 Å². The van der Waals surface area contributed by atoms with Crippen molar-refractivity contribution in [1.29, 1.82) is 0 Å². The van der Waals surface area contributed by atoms with Gasteiger partial charge in [-0.1, -0.05) is 18.2 Å². The van der Waals surface area contributed by atoms with Crippen LogP contribution in [-0.4, -0.2) is 25.6 Å². The Hall–Kier alpha value is -2.62. The van der Waals surface area contributed by atoms with Crippen LogP contribution in [0.5, 0.6) is 0 Å². The summed E-state index contributed by atoms with van der Waals surface area (Å²) in [4.78, 5) is 9.73. The van der Waals surface area contributed by atoms with Gasteiger partial charge < -0.3 is 0 Å². The molecule has 0 spiro atoms. The Morgan fingerprint density at radius 3 is 2.31 bits per heavy atom. The smallest absolute Gasteiger partial charge is 0.262 e. The van der Waals surface area contributed by atoms with E-state index in [2.05, 4.69) is 0 Å². The highest BCUT2D eigenvalue weighted by Crippen LogP contribution is 2.40. The van der Waals surface area contributed by atoms with E-state index in [9.17, 15) is 31.7 Å². The molecule has 138 valence electrons. The number of hydrogen-bond acceptors (Lipinski definition) is 4. The second-order valence-electron chi connectivity index (χ2n) is 5.86. The molecule has 2 aromatic rings. The average Bonchev–Trinajstić information content (AvgIpc) is 2.91. The summed E-state index contributed by atoms with van der Waals surface area (Å²) in [6.07, 6.45) is -5.87. The molecule has 1 heterocycles. The highest BCUT2D eigenvalue weighted by Gasteiger charge is 2.44. The molecule has 10 heteroatoms. The van der Waals surface area contributed by atoms with E-state index >= 15 is 0 Å². The summed E-state index contributed by atoms with van der Waals surface area (Å²) >= 11 is 0. The summed E-state index contributed by atoms with van der Waals surface area (Å²) in [6, 6.07) is 8.99. The standard InChI is InChI=1S/C16H13F3N2O4S/c17-16(18,19)10-13-9-11-3-1-2-4-15(11)20(13)26(24,25)14-7-5-12(6-8-14)21(22)23/h1-8,13H,9-10H2. The van der Waals surface area contributed by atoms with Gasteiger partial charge in [-0.3, -0.25) is 14.4 Å². The van der Waals surface area contributed by atoms with Crippen LogP contribution in [0.15, 0.2) is 53.4 Å². The maximum atomic E-state index is 13.0. The lowest BCUT2D eigenvalue weighted by Crippen LogP contribution is -2.40. The van der Waals surface area contributed by atoms with E-state index in [0.717, 1.165) is 28.6 Å². The summed E-state index contributed by atoms with van der Waals surface area (Å²) in [5.74, 6) is 0. The van der Waals surface area contributed by atoms with E-state index in [-0.39, 0.29) is 22.7 Å². The third kappa shape index (κ3) is 3.36. The first-order valence-electron chi connectivity index (χ1n) is 7.53. The zero-order chi connectivity index (χ0) is 19.1. The number of alkyl halides is 3. The zero-order valence-electron chi connectivity index (χ0n) is 13.2. The molecule has 0 amide bonds. The molecule has 0 aliphatic carbocycles. The molecule has 1 unspecified atom stereocenters. The first-order valence-corrected chi connectivity index (χ1v) is 8.97. The van der Waals surface area contributed by atoms with Crippen molar-refractivity contribution in [2.24, 2.45) is 0 Å². The molecular weight excluding hydrogens is 373 g/mol. The van der Waals surface area contributed by atoms with Gasteiger partial charge in [0.25, 0.3) is 15.7 Å². The number of nitrogens with zero attached hydrogens (tertiary/aromatic N) is 2. The predicted octanol–water partition coefficient (Wildman–Crippen LogP) is 3.67. The van der Waals surface area contributed by atoms with E-state index in [4.69, 9.17) is 0 Å². The Kier molecular flexibility index (Phi) is 4.39. The Balaban J connectivity index is 2.05. The first kappa shape index (κ1) is 18.2. The largest absolute Gasteiger partial charge is 0.391 e. The Morgan fingerprint density at radius 1 is 1.12 bits per heavy atom. The summed E-state index contributed by atoms with van der Waals surface area (Å²) in [5.41, 5.74) is 0.393. The molecule has 1 atom stereocenters. The van der Waals surface area contributed by atoms with E-state index in [1.807, 2.05) is 0 Å². The first-order chi connectivity index (χ1) is 12.1. The SMILES string of the molecule is O=[N+]([O-])c1ccc(S(=O)(=O)N2c3ccccc3CC2CC(F)(F)F)cc1. The fraction of sp³-hybridized carbons (Fsp3) is 0.250. The van der Waals surface area contributed by atoms with Gasteiger partial charge in [0.05, 0.1) is 28.0 Å². The van der Waals surface area contributed by atoms with Crippen LogP contribution < -0.4 is 4.31 Å². The Labute approximate surface area is 147 Å². The van der Waals surface area contributed by atoms with Crippen LogP contribution in [0, 0.1) is 10.1 Å². The number of fused-ring (bicyclic) bond motifs is 1. The number of nitro groups is 1. The van der Waals surface area contributed by atoms with E-state index < -0.39 is 33.6 Å². The third-order valence-electron chi connectivity index (χ3n) is 4.09. The Morgan fingerprint density at radius 2 is 1.73 bits per heavy atom. The quantitative estimate of drug-likeness (QED) is 0.593. The summed E-state index contributed by atoms with van der Waals surface area (Å²) in [5, 5.41) is 10.7. The van der Waals surface area contributed by atoms with Crippen molar-refractivity contribution in [2.45, 2.75) is 30.0 Å². The molecule has 0 saturated carbocycles. The topological polar surface area (TPSA) is 80.5 Å². The minimum absolute atomic E-state index is 0.0537. The van der Waals surface area contributed by atoms with Crippen LogP contribution in [0.1, 0.15) is 12.0 Å². The molecule has 1 aliphatic heterocycles. The molecule has 26 heavy (non-hydrogen) atoms. The number of nitro benzene ring substituents is 1. The third-order valence-corrected chi connectivity index (χ3v) is 5.97. The lowest BCUT2D eigenvalue weighted by atomic mass is 10.1. The van der Waals surface area contributed by atoms with Crippen molar-refractivity contribution in [3.05, 3.63) is 64.2 Å². The van der Waals surface area contributed by atoms with Crippen LogP contribution in [0.4, 0.5) is 24.5 Å². The molecule has 0 fully saturated rings. The molecule has 0 aromatic heterocycles. The molecule has 0 N–H and O–H groups in total. The van der Waals surface area contributed by atoms with Crippen LogP contribution in [0.25, 0.3) is 0 Å². The minimum Gasteiger partial charge on any atom is -0.262 e. The number of benzene rings is 2. The van der Waals surface area contributed by atoms with E-state index in [1.165, 1.54) is 6.07 Å². The van der Waals surface area contributed by atoms with Crippen molar-refractivity contribution >= 4 is 21.4 Å². The van der Waals surface area contributed by atoms with Gasteiger partial charge in [0.2, 0.25) is 0 Å². The molecule has 0 radical (unpaired) electrons. The fourth-order valence-electron chi connectivity index (χ4n) is 3.03. The van der Waals surface area contributed by atoms with Gasteiger partial charge in [-0.15, -0.1) is 0 Å². The molecule has 1 aliphatic rings. The van der Waals surface area contributed by atoms with E-state index in [1.54, 1.807) is 18.2 Å². The maximum absolute atomic E-state index is 13.0. The highest BCUT2D eigenvalue weighted by molar-refractivity contribution is 7.92. The second-order valence-corrected chi connectivity index (χ2v) is 7.67. The Bertz CT molecular complexity index is 943. The normalized spacial score (nSPS) is 17.2. The van der Waals surface area contributed by atoms with Crippen molar-refractivity contribution in [3.63, 3.8) is 0 Å². The van der Waals surface area contributed by atoms with Crippen LogP contribution in [0.3, 0.4) is 0 Å². The lowest BCUT2D eigenvalue weighted by molar-refractivity contribution is -0.384. The van der Waals surface area contributed by atoms with E-state index in [0.29, 0.717) is 5.56 Å². The lowest BCUT2D eigenvalue weighted by Gasteiger charge is -2.27. The van der Waals surface area contributed by atoms with Crippen LogP contribution in [-0.2, 0) is 16.4 Å². The number of sulfonamides is 1. The molecule has 2 aromatic carbocycles. The van der Waals surface area contributed by atoms with Gasteiger partial charge in [-0.25, -0.2) is 8.42 Å². The number of rotatable bonds is 4. The molecule has 0 saturated heterocycles. The molecular formula is C16H13F3N2O4S. The molecule has 3 rings (SSSR count). The monoisotopic (exact) mass is 386 g/mol. The fourth-order valence-corrected chi connectivity index (χ4v) is 4.72. The number of halogens is 3. The minimum atomic E-state index is -4.53. The van der Waals surface area contributed by atoms with Crippen molar-refractivity contribution < 1.29 is 26.5 Å². The summed E-state index contributed by atoms with van der Waals surface area (Å²) in [6.45, 7) is 0. The van der Waals surface area contributed by atoms with Gasteiger partial charge in [0.15, 0.2) is 0 Å². The van der Waals surface area contributed by atoms with Crippen molar-refractivity contribution in [2.75, 3.05) is 4.31 Å². The van der Waals surface area contributed by atoms with Crippen LogP contribution >= 0.6 is 0 Å². The van der Waals surface area contributed by atoms with Gasteiger partial charge in [0.1, 0.15) is 0 Å². The summed E-state index contributed by atoms with van der Waals surface area (Å²) in [7, 11) is -4.31.